The van der Waals surface area contributed by atoms with Crippen molar-refractivity contribution in [2.24, 2.45) is 0 Å². The summed E-state index contributed by atoms with van der Waals surface area (Å²) in [6.07, 6.45) is -4.49. The van der Waals surface area contributed by atoms with Crippen LogP contribution in [0.15, 0.2) is 35.1 Å². The van der Waals surface area contributed by atoms with Gasteiger partial charge < -0.3 is 5.32 Å². The quantitative estimate of drug-likeness (QED) is 0.943. The SMILES string of the molecule is Cc1cc(=O)n(CC(=O)Nc2cccc(C(F)(F)F)c2)c(C)n1. The highest BCUT2D eigenvalue weighted by molar-refractivity contribution is 5.90. The molecule has 0 unspecified atom stereocenters. The van der Waals surface area contributed by atoms with Crippen LogP contribution in [0.25, 0.3) is 0 Å². The lowest BCUT2D eigenvalue weighted by Crippen LogP contribution is -2.30. The monoisotopic (exact) mass is 325 g/mol. The summed E-state index contributed by atoms with van der Waals surface area (Å²) >= 11 is 0. The molecule has 0 atom stereocenters. The normalized spacial score (nSPS) is 11.3. The predicted molar refractivity (Wildman–Crippen MR) is 78.0 cm³/mol. The topological polar surface area (TPSA) is 64.0 Å². The van der Waals surface area contributed by atoms with E-state index in [1.807, 2.05) is 0 Å². The zero-order chi connectivity index (χ0) is 17.2. The number of hydrogen-bond acceptors (Lipinski definition) is 3. The van der Waals surface area contributed by atoms with Crippen molar-refractivity contribution in [1.82, 2.24) is 9.55 Å². The van der Waals surface area contributed by atoms with Gasteiger partial charge in [0.05, 0.1) is 5.56 Å². The first kappa shape index (κ1) is 16.7. The molecule has 0 aliphatic carbocycles. The molecule has 1 amide bonds. The number of aromatic nitrogens is 2. The Morgan fingerprint density at radius 1 is 1.26 bits per heavy atom. The highest BCUT2D eigenvalue weighted by Gasteiger charge is 2.30. The third kappa shape index (κ3) is 4.18. The summed E-state index contributed by atoms with van der Waals surface area (Å²) in [7, 11) is 0. The van der Waals surface area contributed by atoms with Crippen LogP contribution in [0.2, 0.25) is 0 Å². The molecule has 23 heavy (non-hydrogen) atoms. The van der Waals surface area contributed by atoms with E-state index >= 15 is 0 Å². The van der Waals surface area contributed by atoms with Crippen LogP contribution in [-0.2, 0) is 17.5 Å². The van der Waals surface area contributed by atoms with Gasteiger partial charge in [-0.1, -0.05) is 6.07 Å². The molecular weight excluding hydrogens is 311 g/mol. The molecule has 0 fully saturated rings. The maximum atomic E-state index is 12.6. The Morgan fingerprint density at radius 3 is 2.57 bits per heavy atom. The van der Waals surface area contributed by atoms with Gasteiger partial charge in [0.15, 0.2) is 0 Å². The van der Waals surface area contributed by atoms with Gasteiger partial charge in [0.25, 0.3) is 5.56 Å². The van der Waals surface area contributed by atoms with E-state index in [0.29, 0.717) is 11.5 Å². The van der Waals surface area contributed by atoms with E-state index in [-0.39, 0.29) is 12.2 Å². The highest BCUT2D eigenvalue weighted by Crippen LogP contribution is 2.30. The Bertz CT molecular complexity index is 797. The average Bonchev–Trinajstić information content (AvgIpc) is 2.42. The summed E-state index contributed by atoms with van der Waals surface area (Å²) in [5.74, 6) is -0.255. The molecular formula is C15H14F3N3O2. The number of alkyl halides is 3. The zero-order valence-electron chi connectivity index (χ0n) is 12.4. The van der Waals surface area contributed by atoms with Crippen molar-refractivity contribution in [3.05, 3.63) is 57.8 Å². The molecule has 1 aromatic heterocycles. The molecule has 1 N–H and O–H groups in total. The van der Waals surface area contributed by atoms with Crippen molar-refractivity contribution in [2.45, 2.75) is 26.6 Å². The third-order valence-electron chi connectivity index (χ3n) is 3.10. The number of nitrogens with one attached hydrogen (secondary N) is 1. The molecule has 1 heterocycles. The number of rotatable bonds is 3. The molecule has 1 aromatic carbocycles. The molecule has 0 saturated carbocycles. The maximum Gasteiger partial charge on any atom is 0.416 e. The summed E-state index contributed by atoms with van der Waals surface area (Å²) < 4.78 is 39.0. The third-order valence-corrected chi connectivity index (χ3v) is 3.10. The number of halogens is 3. The van der Waals surface area contributed by atoms with E-state index in [4.69, 9.17) is 0 Å². The summed E-state index contributed by atoms with van der Waals surface area (Å²) in [6.45, 7) is 2.90. The Balaban J connectivity index is 2.16. The second-order valence-electron chi connectivity index (χ2n) is 5.00. The van der Waals surface area contributed by atoms with Gasteiger partial charge in [-0.25, -0.2) is 4.98 Å². The molecule has 0 radical (unpaired) electrons. The standard InChI is InChI=1S/C15H14F3N3O2/c1-9-6-14(23)21(10(2)19-9)8-13(22)20-12-5-3-4-11(7-12)15(16,17)18/h3-7H,8H2,1-2H3,(H,20,22). The number of carbonyl (C=O) groups is 1. The maximum absolute atomic E-state index is 12.6. The van der Waals surface area contributed by atoms with Gasteiger partial charge in [0, 0.05) is 17.4 Å². The molecule has 0 aliphatic heterocycles. The van der Waals surface area contributed by atoms with Crippen molar-refractivity contribution in [1.29, 1.82) is 0 Å². The van der Waals surface area contributed by atoms with E-state index < -0.39 is 23.2 Å². The number of anilines is 1. The smallest absolute Gasteiger partial charge is 0.325 e. The fourth-order valence-electron chi connectivity index (χ4n) is 2.07. The molecule has 5 nitrogen and oxygen atoms in total. The summed E-state index contributed by atoms with van der Waals surface area (Å²) in [4.78, 5) is 27.9. The van der Waals surface area contributed by atoms with Gasteiger partial charge in [-0.3, -0.25) is 14.2 Å². The Labute approximate surface area is 129 Å². The number of aryl methyl sites for hydroxylation is 2. The van der Waals surface area contributed by atoms with E-state index in [2.05, 4.69) is 10.3 Å². The molecule has 0 aliphatic rings. The fourth-order valence-corrected chi connectivity index (χ4v) is 2.07. The number of benzene rings is 1. The van der Waals surface area contributed by atoms with Crippen molar-refractivity contribution >= 4 is 11.6 Å². The van der Waals surface area contributed by atoms with Crippen LogP contribution in [0.1, 0.15) is 17.1 Å². The molecule has 2 aromatic rings. The van der Waals surface area contributed by atoms with Crippen LogP contribution < -0.4 is 10.9 Å². The van der Waals surface area contributed by atoms with Crippen LogP contribution in [0, 0.1) is 13.8 Å². The average molecular weight is 325 g/mol. The van der Waals surface area contributed by atoms with Crippen LogP contribution >= 0.6 is 0 Å². The first-order valence-corrected chi connectivity index (χ1v) is 6.69. The largest absolute Gasteiger partial charge is 0.416 e. The zero-order valence-corrected chi connectivity index (χ0v) is 12.4. The predicted octanol–water partition coefficient (Wildman–Crippen LogP) is 2.52. The molecule has 0 saturated heterocycles. The van der Waals surface area contributed by atoms with Crippen molar-refractivity contribution in [2.75, 3.05) is 5.32 Å². The van der Waals surface area contributed by atoms with Gasteiger partial charge in [-0.2, -0.15) is 13.2 Å². The van der Waals surface area contributed by atoms with Crippen molar-refractivity contribution in [3.63, 3.8) is 0 Å². The lowest BCUT2D eigenvalue weighted by atomic mass is 10.2. The number of carbonyl (C=O) groups excluding carboxylic acids is 1. The van der Waals surface area contributed by atoms with Gasteiger partial charge in [-0.15, -0.1) is 0 Å². The second-order valence-corrected chi connectivity index (χ2v) is 5.00. The molecule has 0 spiro atoms. The second kappa shape index (κ2) is 6.23. The number of nitrogens with zero attached hydrogens (tertiary/aromatic N) is 2. The van der Waals surface area contributed by atoms with Gasteiger partial charge >= 0.3 is 6.18 Å². The minimum absolute atomic E-state index is 0.00981. The van der Waals surface area contributed by atoms with E-state index in [9.17, 15) is 22.8 Å². The first-order chi connectivity index (χ1) is 10.7. The highest BCUT2D eigenvalue weighted by atomic mass is 19.4. The van der Waals surface area contributed by atoms with E-state index in [1.54, 1.807) is 13.8 Å². The lowest BCUT2D eigenvalue weighted by Gasteiger charge is -2.12. The van der Waals surface area contributed by atoms with E-state index in [1.165, 1.54) is 18.2 Å². The van der Waals surface area contributed by atoms with Crippen molar-refractivity contribution < 1.29 is 18.0 Å². The molecule has 0 bridgehead atoms. The molecule has 8 heteroatoms. The Morgan fingerprint density at radius 2 is 1.96 bits per heavy atom. The molecule has 122 valence electrons. The van der Waals surface area contributed by atoms with Crippen LogP contribution in [0.3, 0.4) is 0 Å². The van der Waals surface area contributed by atoms with Gasteiger partial charge in [-0.05, 0) is 32.0 Å². The van der Waals surface area contributed by atoms with Gasteiger partial charge in [0.1, 0.15) is 12.4 Å². The number of amides is 1. The van der Waals surface area contributed by atoms with Crippen LogP contribution in [-0.4, -0.2) is 15.5 Å². The van der Waals surface area contributed by atoms with Crippen LogP contribution in [0.4, 0.5) is 18.9 Å². The lowest BCUT2D eigenvalue weighted by molar-refractivity contribution is -0.137. The molecule has 2 rings (SSSR count). The summed E-state index contributed by atoms with van der Waals surface area (Å²) in [5, 5.41) is 2.35. The number of hydrogen-bond donors (Lipinski definition) is 1. The summed E-state index contributed by atoms with van der Waals surface area (Å²) in [5.41, 5.74) is -0.715. The first-order valence-electron chi connectivity index (χ1n) is 6.69. The minimum Gasteiger partial charge on any atom is -0.325 e. The summed E-state index contributed by atoms with van der Waals surface area (Å²) in [6, 6.07) is 5.57. The van der Waals surface area contributed by atoms with Crippen LogP contribution in [0.5, 0.6) is 0 Å². The Hall–Kier alpha value is -2.64. The van der Waals surface area contributed by atoms with Crippen molar-refractivity contribution in [3.8, 4) is 0 Å². The Kier molecular flexibility index (Phi) is 4.53. The van der Waals surface area contributed by atoms with E-state index in [0.717, 1.165) is 16.7 Å². The van der Waals surface area contributed by atoms with Gasteiger partial charge in [0.2, 0.25) is 5.91 Å². The minimum atomic E-state index is -4.49. The fraction of sp³-hybridized carbons (Fsp3) is 0.267.